The first kappa shape index (κ1) is 22.4. The quantitative estimate of drug-likeness (QED) is 0.491. The zero-order valence-electron chi connectivity index (χ0n) is 16.3. The first-order valence-corrected chi connectivity index (χ1v) is 11.3. The lowest BCUT2D eigenvalue weighted by Gasteiger charge is -2.29. The highest BCUT2D eigenvalue weighted by atomic mass is 79.9. The third kappa shape index (κ3) is 4.86. The second-order valence-electron chi connectivity index (χ2n) is 6.78. The molecule has 0 saturated heterocycles. The van der Waals surface area contributed by atoms with Crippen molar-refractivity contribution >= 4 is 50.9 Å². The normalized spacial score (nSPS) is 16.2. The first-order valence-electron chi connectivity index (χ1n) is 9.11. The van der Waals surface area contributed by atoms with Crippen molar-refractivity contribution in [2.24, 2.45) is 0 Å². The van der Waals surface area contributed by atoms with Gasteiger partial charge in [-0.1, -0.05) is 51.4 Å². The average molecular weight is 502 g/mol. The van der Waals surface area contributed by atoms with Crippen LogP contribution in [-0.2, 0) is 4.79 Å². The third-order valence-electron chi connectivity index (χ3n) is 4.74. The molecule has 0 fully saturated rings. The molecule has 0 aliphatic carbocycles. The van der Waals surface area contributed by atoms with Gasteiger partial charge in [-0.3, -0.25) is 9.59 Å². The van der Waals surface area contributed by atoms with Crippen molar-refractivity contribution in [1.29, 1.82) is 5.26 Å². The Morgan fingerprint density at radius 2 is 1.80 bits per heavy atom. The molecule has 1 unspecified atom stereocenters. The van der Waals surface area contributed by atoms with Gasteiger partial charge >= 0.3 is 0 Å². The van der Waals surface area contributed by atoms with E-state index in [4.69, 9.17) is 11.6 Å². The van der Waals surface area contributed by atoms with Crippen molar-refractivity contribution in [1.82, 2.24) is 5.32 Å². The van der Waals surface area contributed by atoms with Gasteiger partial charge in [0.25, 0.3) is 0 Å². The van der Waals surface area contributed by atoms with Gasteiger partial charge in [-0.15, -0.1) is 0 Å². The summed E-state index contributed by atoms with van der Waals surface area (Å²) in [6.07, 6.45) is 0. The minimum Gasteiger partial charge on any atom is -0.353 e. The van der Waals surface area contributed by atoms with E-state index in [-0.39, 0.29) is 17.3 Å². The summed E-state index contributed by atoms with van der Waals surface area (Å²) in [4.78, 5) is 25.0. The highest BCUT2D eigenvalue weighted by Crippen LogP contribution is 2.41. The molecule has 152 valence electrons. The third-order valence-corrected chi connectivity index (χ3v) is 6.54. The molecule has 0 amide bonds. The van der Waals surface area contributed by atoms with Gasteiger partial charge in [-0.2, -0.15) is 5.26 Å². The number of Topliss-reactive ketones (excluding diaryl/α,β-unsaturated/α-hetero) is 2. The van der Waals surface area contributed by atoms with Crippen LogP contribution in [0, 0.1) is 11.3 Å². The number of carbonyl (C=O) groups is 2. The number of ketones is 2. The fraction of sp³-hybridized carbons (Fsp3) is 0.174. The summed E-state index contributed by atoms with van der Waals surface area (Å²) in [6, 6.07) is 16.5. The number of halogens is 2. The minimum absolute atomic E-state index is 0.0672. The van der Waals surface area contributed by atoms with E-state index in [0.717, 1.165) is 10.0 Å². The molecular weight excluding hydrogens is 484 g/mol. The van der Waals surface area contributed by atoms with Crippen molar-refractivity contribution in [3.8, 4) is 6.07 Å². The van der Waals surface area contributed by atoms with Gasteiger partial charge in [0.15, 0.2) is 11.6 Å². The zero-order valence-corrected chi connectivity index (χ0v) is 19.5. The summed E-state index contributed by atoms with van der Waals surface area (Å²) < 4.78 is 0.913. The Bertz CT molecular complexity index is 1100. The number of hydrogen-bond donors (Lipinski definition) is 1. The van der Waals surface area contributed by atoms with E-state index in [1.165, 1.54) is 18.7 Å². The van der Waals surface area contributed by atoms with Gasteiger partial charge in [-0.05, 0) is 55.8 Å². The molecule has 1 atom stereocenters. The summed E-state index contributed by atoms with van der Waals surface area (Å²) in [5.41, 5.74) is 3.09. The van der Waals surface area contributed by atoms with Crippen LogP contribution in [0.4, 0.5) is 0 Å². The van der Waals surface area contributed by atoms with Gasteiger partial charge in [-0.25, -0.2) is 0 Å². The first-order chi connectivity index (χ1) is 14.3. The Kier molecular flexibility index (Phi) is 7.19. The number of carbonyl (C=O) groups excluding carboxylic acids is 2. The summed E-state index contributed by atoms with van der Waals surface area (Å²) in [5, 5.41) is 14.3. The number of nitrogens with one attached hydrogen (secondary N) is 1. The molecule has 1 heterocycles. The second-order valence-corrected chi connectivity index (χ2v) is 9.12. The number of nitriles is 1. The van der Waals surface area contributed by atoms with Crippen LogP contribution >= 0.6 is 39.3 Å². The maximum atomic E-state index is 12.6. The van der Waals surface area contributed by atoms with Crippen LogP contribution in [-0.4, -0.2) is 17.3 Å². The molecule has 0 bridgehead atoms. The molecule has 3 rings (SSSR count). The molecule has 2 aromatic carbocycles. The van der Waals surface area contributed by atoms with E-state index in [1.54, 1.807) is 24.3 Å². The van der Waals surface area contributed by atoms with E-state index in [1.807, 2.05) is 31.2 Å². The lowest BCUT2D eigenvalue weighted by Crippen LogP contribution is -2.27. The number of hydrogen-bond acceptors (Lipinski definition) is 5. The summed E-state index contributed by atoms with van der Waals surface area (Å²) >= 11 is 10.6. The molecule has 1 N–H and O–H groups in total. The van der Waals surface area contributed by atoms with E-state index in [9.17, 15) is 14.9 Å². The van der Waals surface area contributed by atoms with Crippen LogP contribution in [0.15, 0.2) is 74.9 Å². The Hall–Kier alpha value is -2.33. The maximum Gasteiger partial charge on any atom is 0.173 e. The maximum absolute atomic E-state index is 12.6. The zero-order chi connectivity index (χ0) is 21.8. The van der Waals surface area contributed by atoms with Crippen LogP contribution in [0.25, 0.3) is 0 Å². The number of rotatable bonds is 6. The summed E-state index contributed by atoms with van der Waals surface area (Å²) in [7, 11) is 0. The second kappa shape index (κ2) is 9.65. The van der Waals surface area contributed by atoms with Crippen molar-refractivity contribution in [2.45, 2.75) is 19.8 Å². The molecule has 0 spiro atoms. The Morgan fingerprint density at radius 3 is 2.37 bits per heavy atom. The molecule has 0 saturated carbocycles. The summed E-state index contributed by atoms with van der Waals surface area (Å²) in [5.74, 6) is -0.482. The minimum atomic E-state index is -0.477. The molecule has 2 aromatic rings. The number of allylic oxidation sites excluding steroid dienone is 3. The smallest absolute Gasteiger partial charge is 0.173 e. The lowest BCUT2D eigenvalue weighted by molar-refractivity contribution is -0.113. The predicted molar refractivity (Wildman–Crippen MR) is 124 cm³/mol. The van der Waals surface area contributed by atoms with E-state index in [2.05, 4.69) is 27.3 Å². The van der Waals surface area contributed by atoms with Crippen LogP contribution in [0.2, 0.25) is 5.02 Å². The fourth-order valence-corrected chi connectivity index (χ4v) is 4.72. The van der Waals surface area contributed by atoms with E-state index < -0.39 is 5.92 Å². The number of thioether (sulfide) groups is 1. The standard InChI is InChI=1S/C23H18BrClN2O2S/c1-13-21(14(2)28)22(16-3-7-17(24)8-4-16)19(11-26)23(27-13)30-12-20(29)15-5-9-18(25)10-6-15/h3-10,22,27H,12H2,1-2H3. The fourth-order valence-electron chi connectivity index (χ4n) is 3.34. The topological polar surface area (TPSA) is 70.0 Å². The van der Waals surface area contributed by atoms with Gasteiger partial charge in [0.2, 0.25) is 0 Å². The monoisotopic (exact) mass is 500 g/mol. The molecular formula is C23H18BrClN2O2S. The van der Waals surface area contributed by atoms with Gasteiger partial charge < -0.3 is 5.32 Å². The van der Waals surface area contributed by atoms with Crippen molar-refractivity contribution < 1.29 is 9.59 Å². The number of nitrogens with zero attached hydrogens (tertiary/aromatic N) is 1. The van der Waals surface area contributed by atoms with Crippen molar-refractivity contribution in [3.63, 3.8) is 0 Å². The van der Waals surface area contributed by atoms with Crippen molar-refractivity contribution in [3.05, 3.63) is 91.0 Å². The van der Waals surface area contributed by atoms with Gasteiger partial charge in [0.1, 0.15) is 0 Å². The molecule has 4 nitrogen and oxygen atoms in total. The van der Waals surface area contributed by atoms with E-state index >= 15 is 0 Å². The van der Waals surface area contributed by atoms with Gasteiger partial charge in [0.05, 0.1) is 28.3 Å². The van der Waals surface area contributed by atoms with Crippen LogP contribution in [0.3, 0.4) is 0 Å². The Labute approximate surface area is 193 Å². The molecule has 7 heteroatoms. The number of dihydropyridines is 1. The van der Waals surface area contributed by atoms with Gasteiger partial charge in [0, 0.05) is 26.3 Å². The van der Waals surface area contributed by atoms with Crippen LogP contribution < -0.4 is 5.32 Å². The Morgan fingerprint density at radius 1 is 1.17 bits per heavy atom. The van der Waals surface area contributed by atoms with Crippen LogP contribution in [0.5, 0.6) is 0 Å². The average Bonchev–Trinajstić information content (AvgIpc) is 2.72. The number of benzene rings is 2. The lowest BCUT2D eigenvalue weighted by atomic mass is 9.81. The molecule has 0 radical (unpaired) electrons. The predicted octanol–water partition coefficient (Wildman–Crippen LogP) is 6.00. The molecule has 30 heavy (non-hydrogen) atoms. The van der Waals surface area contributed by atoms with Crippen LogP contribution in [0.1, 0.15) is 35.7 Å². The Balaban J connectivity index is 1.94. The molecule has 1 aliphatic rings. The SMILES string of the molecule is CC(=O)C1=C(C)NC(SCC(=O)c2ccc(Cl)cc2)=C(C#N)C1c1ccc(Br)cc1. The largest absolute Gasteiger partial charge is 0.353 e. The highest BCUT2D eigenvalue weighted by molar-refractivity contribution is 9.10. The summed E-state index contributed by atoms with van der Waals surface area (Å²) in [6.45, 7) is 3.32. The molecule has 1 aliphatic heterocycles. The highest BCUT2D eigenvalue weighted by Gasteiger charge is 2.33. The molecule has 0 aromatic heterocycles. The van der Waals surface area contributed by atoms with Crippen molar-refractivity contribution in [2.75, 3.05) is 5.75 Å². The van der Waals surface area contributed by atoms with E-state index in [0.29, 0.717) is 32.5 Å².